The van der Waals surface area contributed by atoms with Gasteiger partial charge in [0.2, 0.25) is 0 Å². The van der Waals surface area contributed by atoms with Crippen LogP contribution in [0.15, 0.2) is 42.5 Å². The van der Waals surface area contributed by atoms with Crippen LogP contribution in [-0.4, -0.2) is 43.5 Å². The molecular weight excluding hydrogens is 383 g/mol. The van der Waals surface area contributed by atoms with Crippen molar-refractivity contribution in [1.29, 1.82) is 0 Å². The van der Waals surface area contributed by atoms with Crippen LogP contribution in [0.2, 0.25) is 0 Å². The molecule has 0 fully saturated rings. The van der Waals surface area contributed by atoms with E-state index in [2.05, 4.69) is 10.6 Å². The number of hydrogen-bond acceptors (Lipinski definition) is 5. The third kappa shape index (κ3) is 5.98. The van der Waals surface area contributed by atoms with Crippen LogP contribution in [0.3, 0.4) is 0 Å². The highest BCUT2D eigenvalue weighted by Crippen LogP contribution is 2.28. The number of nitrogens with one attached hydrogen (secondary N) is 3. The average molecular weight is 405 g/mol. The first-order chi connectivity index (χ1) is 13.7. The maximum absolute atomic E-state index is 12.9. The number of hydrogen-bond donors (Lipinski definition) is 3. The summed E-state index contributed by atoms with van der Waals surface area (Å²) in [5.41, 5.74) is 0.429. The lowest BCUT2D eigenvalue weighted by atomic mass is 10.2. The average Bonchev–Trinajstić information content (AvgIpc) is 2.68. The molecule has 29 heavy (non-hydrogen) atoms. The molecule has 2 amide bonds. The van der Waals surface area contributed by atoms with Crippen molar-refractivity contribution in [2.24, 2.45) is 0 Å². The predicted octanol–water partition coefficient (Wildman–Crippen LogP) is 1.22. The van der Waals surface area contributed by atoms with E-state index in [0.29, 0.717) is 10.6 Å². The topological polar surface area (TPSA) is 115 Å². The van der Waals surface area contributed by atoms with E-state index in [1.54, 1.807) is 14.0 Å². The van der Waals surface area contributed by atoms with Crippen molar-refractivity contribution >= 4 is 28.9 Å². The highest BCUT2D eigenvalue weighted by Gasteiger charge is 2.25. The van der Waals surface area contributed by atoms with E-state index in [1.807, 2.05) is 0 Å². The molecule has 1 unspecified atom stereocenters. The van der Waals surface area contributed by atoms with Gasteiger partial charge in [-0.25, -0.2) is 4.39 Å². The van der Waals surface area contributed by atoms with Crippen molar-refractivity contribution in [3.8, 4) is 5.75 Å². The van der Waals surface area contributed by atoms with Crippen molar-refractivity contribution in [3.05, 3.63) is 58.4 Å². The van der Waals surface area contributed by atoms with E-state index < -0.39 is 22.7 Å². The fourth-order valence-electron chi connectivity index (χ4n) is 2.52. The zero-order chi connectivity index (χ0) is 21.6. The molecule has 0 aliphatic rings. The van der Waals surface area contributed by atoms with E-state index >= 15 is 0 Å². The van der Waals surface area contributed by atoms with E-state index in [-0.39, 0.29) is 29.6 Å². The Bertz CT molecular complexity index is 904. The van der Waals surface area contributed by atoms with Crippen molar-refractivity contribution in [2.75, 3.05) is 31.3 Å². The van der Waals surface area contributed by atoms with Gasteiger partial charge >= 0.3 is 0 Å². The van der Waals surface area contributed by atoms with Crippen molar-refractivity contribution in [1.82, 2.24) is 0 Å². The first-order valence-electron chi connectivity index (χ1n) is 8.72. The number of anilines is 2. The van der Waals surface area contributed by atoms with Gasteiger partial charge in [0.25, 0.3) is 17.5 Å². The number of nitro benzene ring substituents is 1. The molecule has 2 aromatic carbocycles. The maximum Gasteiger partial charge on any atom is 0.282 e. The number of non-ortho nitro benzene ring substituents is 1. The molecule has 2 atom stereocenters. The lowest BCUT2D eigenvalue weighted by Crippen LogP contribution is -3.14. The van der Waals surface area contributed by atoms with Crippen LogP contribution in [-0.2, 0) is 9.59 Å². The van der Waals surface area contributed by atoms with Gasteiger partial charge < -0.3 is 20.3 Å². The summed E-state index contributed by atoms with van der Waals surface area (Å²) in [5, 5.41) is 16.2. The van der Waals surface area contributed by atoms with Crippen LogP contribution in [0.5, 0.6) is 5.75 Å². The van der Waals surface area contributed by atoms with Gasteiger partial charge in [-0.2, -0.15) is 0 Å². The Balaban J connectivity index is 2.00. The molecule has 0 aliphatic heterocycles. The Labute approximate surface area is 166 Å². The number of carbonyl (C=O) groups excluding carboxylic acids is 2. The van der Waals surface area contributed by atoms with Crippen LogP contribution in [0.1, 0.15) is 6.92 Å². The van der Waals surface area contributed by atoms with Gasteiger partial charge in [-0.3, -0.25) is 19.7 Å². The quantitative estimate of drug-likeness (QED) is 0.451. The second-order valence-electron chi connectivity index (χ2n) is 6.43. The smallest absolute Gasteiger partial charge is 0.282 e. The first kappa shape index (κ1) is 21.8. The van der Waals surface area contributed by atoms with Gasteiger partial charge in [-0.15, -0.1) is 0 Å². The Kier molecular flexibility index (Phi) is 7.21. The molecule has 0 bridgehead atoms. The third-order valence-electron chi connectivity index (χ3n) is 4.35. The van der Waals surface area contributed by atoms with Crippen LogP contribution in [0.4, 0.5) is 21.5 Å². The number of benzene rings is 2. The number of halogens is 1. The van der Waals surface area contributed by atoms with Crippen molar-refractivity contribution in [3.63, 3.8) is 0 Å². The molecule has 0 aromatic heterocycles. The summed E-state index contributed by atoms with van der Waals surface area (Å²) in [6.45, 7) is 1.61. The normalized spacial score (nSPS) is 12.6. The molecule has 0 radical (unpaired) electrons. The van der Waals surface area contributed by atoms with E-state index in [1.165, 1.54) is 49.6 Å². The second kappa shape index (κ2) is 9.60. The van der Waals surface area contributed by atoms with Crippen LogP contribution in [0, 0.1) is 15.9 Å². The summed E-state index contributed by atoms with van der Waals surface area (Å²) in [5.74, 6) is -0.909. The molecular formula is C19H22FN4O5+. The summed E-state index contributed by atoms with van der Waals surface area (Å²) >= 11 is 0. The van der Waals surface area contributed by atoms with E-state index in [0.717, 1.165) is 0 Å². The lowest BCUT2D eigenvalue weighted by molar-refractivity contribution is -0.885. The Morgan fingerprint density at radius 1 is 1.21 bits per heavy atom. The Morgan fingerprint density at radius 3 is 2.45 bits per heavy atom. The first-order valence-corrected chi connectivity index (χ1v) is 8.72. The number of rotatable bonds is 8. The standard InChI is InChI=1S/C19H21FN4O5/c1-12(23(2)11-18(25)21-14-6-4-13(20)5-7-14)19(26)22-16-10-15(24(27)28)8-9-17(16)29-3/h4-10,12H,11H2,1-3H3,(H,21,25)(H,22,26)/p+1/t12-/m0/s1. The molecule has 2 aromatic rings. The summed E-state index contributed by atoms with van der Waals surface area (Å²) in [7, 11) is 3.05. The number of methoxy groups -OCH3 is 1. The van der Waals surface area contributed by atoms with Crippen LogP contribution >= 0.6 is 0 Å². The number of nitro groups is 1. The number of ether oxygens (including phenoxy) is 1. The zero-order valence-electron chi connectivity index (χ0n) is 16.2. The highest BCUT2D eigenvalue weighted by molar-refractivity contribution is 5.96. The number of quaternary nitrogens is 1. The van der Waals surface area contributed by atoms with Gasteiger partial charge in [0.15, 0.2) is 12.6 Å². The molecule has 0 heterocycles. The number of nitrogens with zero attached hydrogens (tertiary/aromatic N) is 1. The molecule has 0 saturated heterocycles. The molecule has 0 aliphatic carbocycles. The third-order valence-corrected chi connectivity index (χ3v) is 4.35. The van der Waals surface area contributed by atoms with E-state index in [4.69, 9.17) is 4.74 Å². The SMILES string of the molecule is COc1ccc([N+](=O)[O-])cc1NC(=O)[C@H](C)[NH+](C)CC(=O)Nc1ccc(F)cc1. The highest BCUT2D eigenvalue weighted by atomic mass is 19.1. The minimum Gasteiger partial charge on any atom is -0.495 e. The fourth-order valence-corrected chi connectivity index (χ4v) is 2.52. The van der Waals surface area contributed by atoms with Crippen LogP contribution in [0.25, 0.3) is 0 Å². The molecule has 10 heteroatoms. The zero-order valence-corrected chi connectivity index (χ0v) is 16.2. The molecule has 9 nitrogen and oxygen atoms in total. The van der Waals surface area contributed by atoms with Gasteiger partial charge in [0.05, 0.1) is 24.8 Å². The minimum atomic E-state index is -0.641. The Hall–Kier alpha value is -3.53. The van der Waals surface area contributed by atoms with Crippen molar-refractivity contribution < 1.29 is 28.5 Å². The lowest BCUT2D eigenvalue weighted by Gasteiger charge is -2.21. The number of carbonyl (C=O) groups is 2. The molecule has 2 rings (SSSR count). The monoisotopic (exact) mass is 405 g/mol. The minimum absolute atomic E-state index is 0.0158. The maximum atomic E-state index is 12.9. The van der Waals surface area contributed by atoms with Gasteiger partial charge in [0.1, 0.15) is 11.6 Å². The largest absolute Gasteiger partial charge is 0.495 e. The molecule has 0 spiro atoms. The number of likely N-dealkylation sites (N-methyl/N-ethyl adjacent to an activating group) is 1. The summed E-state index contributed by atoms with van der Waals surface area (Å²) < 4.78 is 18.0. The van der Waals surface area contributed by atoms with E-state index in [9.17, 15) is 24.1 Å². The van der Waals surface area contributed by atoms with Gasteiger partial charge in [0, 0.05) is 17.8 Å². The Morgan fingerprint density at radius 2 is 1.86 bits per heavy atom. The van der Waals surface area contributed by atoms with Gasteiger partial charge in [-0.05, 0) is 37.3 Å². The fraction of sp³-hybridized carbons (Fsp3) is 0.263. The van der Waals surface area contributed by atoms with Crippen molar-refractivity contribution in [2.45, 2.75) is 13.0 Å². The second-order valence-corrected chi connectivity index (χ2v) is 6.43. The summed E-state index contributed by atoms with van der Waals surface area (Å²) in [6, 6.07) is 8.57. The molecule has 3 N–H and O–H groups in total. The molecule has 0 saturated carbocycles. The van der Waals surface area contributed by atoms with Gasteiger partial charge in [-0.1, -0.05) is 0 Å². The summed E-state index contributed by atoms with van der Waals surface area (Å²) in [6.07, 6.45) is 0. The summed E-state index contributed by atoms with van der Waals surface area (Å²) in [4.78, 5) is 35.7. The van der Waals surface area contributed by atoms with Crippen LogP contribution < -0.4 is 20.3 Å². The predicted molar refractivity (Wildman–Crippen MR) is 105 cm³/mol. The number of amides is 2. The molecule has 154 valence electrons.